The first-order chi connectivity index (χ1) is 6.61. The largest absolute Gasteiger partial charge is 1.00 e. The zero-order valence-electron chi connectivity index (χ0n) is 10.0. The van der Waals surface area contributed by atoms with Crippen molar-refractivity contribution >= 4 is 7.32 Å². The zero-order chi connectivity index (χ0) is 11.0. The number of rotatable bonds is 2. The molecule has 5 nitrogen and oxygen atoms in total. The van der Waals surface area contributed by atoms with E-state index >= 15 is 0 Å². The summed E-state index contributed by atoms with van der Waals surface area (Å²) < 4.78 is 8.47. The van der Waals surface area contributed by atoms with Gasteiger partial charge in [0.25, 0.3) is 0 Å². The molecule has 0 heterocycles. The number of aromatic hydroxyl groups is 2. The minimum Gasteiger partial charge on any atom is -1.00 e. The van der Waals surface area contributed by atoms with Gasteiger partial charge < -0.3 is 26.0 Å². The van der Waals surface area contributed by atoms with Crippen LogP contribution in [0.5, 0.6) is 11.5 Å². The number of phenols is 2. The van der Waals surface area contributed by atoms with E-state index in [0.29, 0.717) is 0 Å². The smallest absolute Gasteiger partial charge is 1.00 e. The Kier molecular flexibility index (Phi) is 12.9. The van der Waals surface area contributed by atoms with Gasteiger partial charge in [-0.25, -0.2) is 0 Å². The van der Waals surface area contributed by atoms with E-state index in [1.54, 1.807) is 12.1 Å². The van der Waals surface area contributed by atoms with Gasteiger partial charge in [-0.05, 0) is 12.1 Å². The quantitative estimate of drug-likeness (QED) is 0.392. The van der Waals surface area contributed by atoms with Crippen LogP contribution in [0.25, 0.3) is 0 Å². The number of benzene rings is 1. The summed E-state index contributed by atoms with van der Waals surface area (Å²) in [6, 6.07) is 6.15. The monoisotopic (exact) mass is 240 g/mol. The number of hydrogen-bond acceptors (Lipinski definition) is 5. The molecule has 0 aliphatic carbocycles. The van der Waals surface area contributed by atoms with E-state index in [4.69, 9.17) is 15.2 Å². The molecule has 7 heteroatoms. The van der Waals surface area contributed by atoms with Crippen LogP contribution in [0.1, 0.15) is 1.43 Å². The standard InChI is InChI=1S/C6H6O2.C2H7BO3.K.H/c7-5-3-1-2-4-6(5)8;1-5-3(4)6-2;;/h1-4,7-8H;4H,1-2H3;;/q;;+1;-1. The van der Waals surface area contributed by atoms with Crippen molar-refractivity contribution in [3.8, 4) is 11.5 Å². The Morgan fingerprint density at radius 1 is 1.07 bits per heavy atom. The second-order valence-electron chi connectivity index (χ2n) is 2.27. The van der Waals surface area contributed by atoms with Crippen LogP contribution >= 0.6 is 0 Å². The van der Waals surface area contributed by atoms with Gasteiger partial charge in [-0.1, -0.05) is 12.1 Å². The molecule has 1 aromatic rings. The molecule has 3 N–H and O–H groups in total. The first-order valence-corrected chi connectivity index (χ1v) is 3.82. The molecule has 0 unspecified atom stereocenters. The molecule has 0 saturated carbocycles. The normalized spacial score (nSPS) is 8.20. The molecule has 0 aromatic heterocycles. The third-order valence-corrected chi connectivity index (χ3v) is 1.29. The van der Waals surface area contributed by atoms with Crippen LogP contribution in [0.15, 0.2) is 24.3 Å². The van der Waals surface area contributed by atoms with Gasteiger partial charge in [0, 0.05) is 14.2 Å². The van der Waals surface area contributed by atoms with Crippen LogP contribution in [-0.2, 0) is 9.31 Å². The number of phenolic OH excluding ortho intramolecular Hbond substituents is 2. The van der Waals surface area contributed by atoms with Crippen molar-refractivity contribution in [3.63, 3.8) is 0 Å². The molecule has 0 bridgehead atoms. The van der Waals surface area contributed by atoms with Gasteiger partial charge in [0.05, 0.1) is 0 Å². The van der Waals surface area contributed by atoms with Gasteiger partial charge >= 0.3 is 58.7 Å². The summed E-state index contributed by atoms with van der Waals surface area (Å²) in [5.74, 6) is -0.153. The second kappa shape index (κ2) is 10.9. The topological polar surface area (TPSA) is 79.2 Å². The fourth-order valence-corrected chi connectivity index (χ4v) is 0.560. The van der Waals surface area contributed by atoms with E-state index < -0.39 is 7.32 Å². The summed E-state index contributed by atoms with van der Waals surface area (Å²) in [5.41, 5.74) is 0. The molecule has 15 heavy (non-hydrogen) atoms. The van der Waals surface area contributed by atoms with E-state index in [1.165, 1.54) is 26.4 Å². The molecule has 0 atom stereocenters. The summed E-state index contributed by atoms with van der Waals surface area (Å²) in [4.78, 5) is 0. The Labute approximate surface area is 133 Å². The Balaban J connectivity index is -0.000000195. The summed E-state index contributed by atoms with van der Waals surface area (Å²) in [7, 11) is 1.65. The van der Waals surface area contributed by atoms with Gasteiger partial charge in [-0.3, -0.25) is 0 Å². The van der Waals surface area contributed by atoms with Crippen molar-refractivity contribution < 1.29 is 77.4 Å². The van der Waals surface area contributed by atoms with Gasteiger partial charge in [-0.15, -0.1) is 0 Å². The van der Waals surface area contributed by atoms with Crippen LogP contribution in [0.2, 0.25) is 0 Å². The van der Waals surface area contributed by atoms with Crippen molar-refractivity contribution in [2.75, 3.05) is 14.2 Å². The van der Waals surface area contributed by atoms with Crippen LogP contribution in [0.4, 0.5) is 0 Å². The third kappa shape index (κ3) is 9.34. The van der Waals surface area contributed by atoms with E-state index in [1.807, 2.05) is 0 Å². The summed E-state index contributed by atoms with van der Waals surface area (Å²) in [6.07, 6.45) is 0. The average molecular weight is 240 g/mol. The molecular weight excluding hydrogens is 226 g/mol. The first kappa shape index (κ1) is 17.8. The molecule has 0 spiro atoms. The van der Waals surface area contributed by atoms with E-state index in [0.717, 1.165) is 0 Å². The third-order valence-electron chi connectivity index (χ3n) is 1.29. The first-order valence-electron chi connectivity index (χ1n) is 3.82. The summed E-state index contributed by atoms with van der Waals surface area (Å²) in [6.45, 7) is 0. The maximum Gasteiger partial charge on any atom is 1.00 e. The molecule has 0 saturated heterocycles. The molecule has 0 aliphatic rings. The zero-order valence-corrected chi connectivity index (χ0v) is 12.2. The van der Waals surface area contributed by atoms with Crippen molar-refractivity contribution in [1.29, 1.82) is 0 Å². The molecule has 0 radical (unpaired) electrons. The molecule has 1 rings (SSSR count). The van der Waals surface area contributed by atoms with Crippen LogP contribution < -0.4 is 51.4 Å². The Hall–Kier alpha value is 0.401. The maximum atomic E-state index is 8.67. The van der Waals surface area contributed by atoms with Crippen molar-refractivity contribution in [1.82, 2.24) is 0 Å². The Morgan fingerprint density at radius 3 is 1.53 bits per heavy atom. The van der Waals surface area contributed by atoms with Gasteiger partial charge in [0.15, 0.2) is 11.5 Å². The SMILES string of the molecule is COB(O)OC.Oc1ccccc1O.[H-].[K+]. The molecular formula is C8H14BKO5. The molecule has 80 valence electrons. The molecule has 0 fully saturated rings. The molecule has 0 amide bonds. The Morgan fingerprint density at radius 2 is 1.40 bits per heavy atom. The van der Waals surface area contributed by atoms with Crippen LogP contribution in [-0.4, -0.2) is 36.8 Å². The van der Waals surface area contributed by atoms with E-state index in [2.05, 4.69) is 9.31 Å². The van der Waals surface area contributed by atoms with Crippen molar-refractivity contribution in [2.24, 2.45) is 0 Å². The average Bonchev–Trinajstić information content (AvgIpc) is 2.22. The summed E-state index contributed by atoms with van der Waals surface area (Å²) in [5, 5.41) is 25.6. The van der Waals surface area contributed by atoms with E-state index in [-0.39, 0.29) is 64.3 Å². The van der Waals surface area contributed by atoms with E-state index in [9.17, 15) is 0 Å². The van der Waals surface area contributed by atoms with Gasteiger partial charge in [0.2, 0.25) is 0 Å². The number of hydrogen-bond donors (Lipinski definition) is 3. The van der Waals surface area contributed by atoms with Crippen molar-refractivity contribution in [2.45, 2.75) is 0 Å². The van der Waals surface area contributed by atoms with Gasteiger partial charge in [-0.2, -0.15) is 0 Å². The predicted octanol–water partition coefficient (Wildman–Crippen LogP) is -2.53. The minimum atomic E-state index is -1.06. The maximum absolute atomic E-state index is 8.67. The van der Waals surface area contributed by atoms with Crippen LogP contribution in [0.3, 0.4) is 0 Å². The minimum absolute atomic E-state index is 0. The second-order valence-corrected chi connectivity index (χ2v) is 2.27. The molecule has 0 aliphatic heterocycles. The van der Waals surface area contributed by atoms with Gasteiger partial charge in [0.1, 0.15) is 0 Å². The summed E-state index contributed by atoms with van der Waals surface area (Å²) >= 11 is 0. The predicted molar refractivity (Wildman–Crippen MR) is 52.9 cm³/mol. The molecule has 1 aromatic carbocycles. The fourth-order valence-electron chi connectivity index (χ4n) is 0.560. The fraction of sp³-hybridized carbons (Fsp3) is 0.250. The Bertz CT molecular complexity index is 241. The number of para-hydroxylation sites is 2. The van der Waals surface area contributed by atoms with Crippen LogP contribution in [0, 0.1) is 0 Å². The van der Waals surface area contributed by atoms with Crippen molar-refractivity contribution in [3.05, 3.63) is 24.3 Å².